The number of carbonyl (C=O) groups is 1. The van der Waals surface area contributed by atoms with Gasteiger partial charge in [-0.25, -0.2) is 0 Å². The Kier molecular flexibility index (Phi) is 7.53. The van der Waals surface area contributed by atoms with Crippen molar-refractivity contribution in [2.45, 2.75) is 103 Å². The molecule has 0 aromatic heterocycles. The highest BCUT2D eigenvalue weighted by Crippen LogP contribution is 2.44. The summed E-state index contributed by atoms with van der Waals surface area (Å²) in [6, 6.07) is 0. The zero-order valence-corrected chi connectivity index (χ0v) is 18.5. The molecule has 0 aliphatic heterocycles. The molecule has 3 aliphatic rings. The highest BCUT2D eigenvalue weighted by atomic mass is 16.5. The van der Waals surface area contributed by atoms with E-state index < -0.39 is 6.10 Å². The van der Waals surface area contributed by atoms with Gasteiger partial charge in [-0.1, -0.05) is 31.6 Å². The number of aliphatic hydroxyl groups excluding tert-OH is 2. The molecule has 0 aromatic rings. The van der Waals surface area contributed by atoms with Crippen molar-refractivity contribution in [1.29, 1.82) is 0 Å². The third-order valence-electron chi connectivity index (χ3n) is 6.76. The van der Waals surface area contributed by atoms with Gasteiger partial charge in [-0.15, -0.1) is 0 Å². The second kappa shape index (κ2) is 9.72. The van der Waals surface area contributed by atoms with Crippen LogP contribution in [0.5, 0.6) is 0 Å². The van der Waals surface area contributed by atoms with Gasteiger partial charge >= 0.3 is 0 Å². The summed E-state index contributed by atoms with van der Waals surface area (Å²) in [5, 5.41) is 21.7. The van der Waals surface area contributed by atoms with E-state index in [1.54, 1.807) is 0 Å². The summed E-state index contributed by atoms with van der Waals surface area (Å²) in [5.41, 5.74) is 4.57. The number of rotatable bonds is 8. The predicted octanol–water partition coefficient (Wildman–Crippen LogP) is 4.65. The smallest absolute Gasteiger partial charge is 0.158 e. The first-order valence-corrected chi connectivity index (χ1v) is 11.5. The first-order chi connectivity index (χ1) is 13.8. The largest absolute Gasteiger partial charge is 0.392 e. The lowest BCUT2D eigenvalue weighted by Gasteiger charge is -2.36. The number of ether oxygens (including phenoxy) is 1. The summed E-state index contributed by atoms with van der Waals surface area (Å²) in [6.07, 6.45) is 9.52. The Balaban J connectivity index is 1.77. The van der Waals surface area contributed by atoms with Gasteiger partial charge in [0.25, 0.3) is 0 Å². The van der Waals surface area contributed by atoms with Gasteiger partial charge in [0.15, 0.2) is 5.78 Å². The third kappa shape index (κ3) is 5.10. The number of carbonyl (C=O) groups excluding carboxylic acids is 1. The topological polar surface area (TPSA) is 66.8 Å². The van der Waals surface area contributed by atoms with Gasteiger partial charge in [0, 0.05) is 12.3 Å². The monoisotopic (exact) mass is 402 g/mol. The molecule has 0 spiro atoms. The molecule has 0 fully saturated rings. The van der Waals surface area contributed by atoms with Crippen molar-refractivity contribution in [3.05, 3.63) is 34.4 Å². The maximum Gasteiger partial charge on any atom is 0.158 e. The summed E-state index contributed by atoms with van der Waals surface area (Å²) in [4.78, 5) is 12.5. The van der Waals surface area contributed by atoms with Crippen molar-refractivity contribution in [2.24, 2.45) is 11.8 Å². The quantitative estimate of drug-likeness (QED) is 0.620. The van der Waals surface area contributed by atoms with Crippen molar-refractivity contribution < 1.29 is 19.7 Å². The van der Waals surface area contributed by atoms with Gasteiger partial charge < -0.3 is 14.9 Å². The van der Waals surface area contributed by atoms with E-state index in [1.807, 2.05) is 26.8 Å². The molecule has 0 bridgehead atoms. The van der Waals surface area contributed by atoms with E-state index in [9.17, 15) is 15.0 Å². The zero-order valence-electron chi connectivity index (χ0n) is 18.5. The Hall–Kier alpha value is -1.23. The van der Waals surface area contributed by atoms with Crippen LogP contribution in [0.15, 0.2) is 34.4 Å². The van der Waals surface area contributed by atoms with E-state index in [0.717, 1.165) is 49.7 Å². The Bertz CT molecular complexity index is 700. The molecule has 29 heavy (non-hydrogen) atoms. The minimum absolute atomic E-state index is 0.0480. The van der Waals surface area contributed by atoms with Crippen LogP contribution in [0, 0.1) is 11.8 Å². The van der Waals surface area contributed by atoms with Crippen LogP contribution >= 0.6 is 0 Å². The van der Waals surface area contributed by atoms with E-state index in [2.05, 4.69) is 13.0 Å². The second-order valence-electron chi connectivity index (χ2n) is 9.28. The van der Waals surface area contributed by atoms with Crippen molar-refractivity contribution >= 4 is 5.78 Å². The van der Waals surface area contributed by atoms with Crippen LogP contribution in [0.1, 0.15) is 79.1 Å². The predicted molar refractivity (Wildman–Crippen MR) is 115 cm³/mol. The van der Waals surface area contributed by atoms with Crippen LogP contribution in [0.3, 0.4) is 0 Å². The van der Waals surface area contributed by atoms with Crippen LogP contribution < -0.4 is 0 Å². The number of hydrogen-bond donors (Lipinski definition) is 2. The molecule has 162 valence electrons. The molecule has 0 amide bonds. The number of allylic oxidation sites excluding steroid dienone is 3. The fourth-order valence-corrected chi connectivity index (χ4v) is 5.26. The summed E-state index contributed by atoms with van der Waals surface area (Å²) >= 11 is 0. The molecule has 4 nitrogen and oxygen atoms in total. The maximum absolute atomic E-state index is 12.5. The van der Waals surface area contributed by atoms with Crippen molar-refractivity contribution in [1.82, 2.24) is 0 Å². The molecular weight excluding hydrogens is 364 g/mol. The molecule has 3 aliphatic carbocycles. The van der Waals surface area contributed by atoms with E-state index in [0.29, 0.717) is 12.8 Å². The lowest BCUT2D eigenvalue weighted by molar-refractivity contribution is -0.116. The fourth-order valence-electron chi connectivity index (χ4n) is 5.26. The fraction of sp³-hybridized carbons (Fsp3) is 0.720. The first kappa shape index (κ1) is 22.5. The van der Waals surface area contributed by atoms with Crippen LogP contribution in [0.2, 0.25) is 0 Å². The average molecular weight is 403 g/mol. The van der Waals surface area contributed by atoms with Gasteiger partial charge in [-0.05, 0) is 81.4 Å². The van der Waals surface area contributed by atoms with Crippen LogP contribution in [0.4, 0.5) is 0 Å². The Morgan fingerprint density at radius 3 is 2.66 bits per heavy atom. The summed E-state index contributed by atoms with van der Waals surface area (Å²) < 4.78 is 6.16. The van der Waals surface area contributed by atoms with Gasteiger partial charge in [0.1, 0.15) is 0 Å². The Morgan fingerprint density at radius 1 is 1.24 bits per heavy atom. The van der Waals surface area contributed by atoms with Gasteiger partial charge in [0.05, 0.1) is 24.4 Å². The lowest BCUT2D eigenvalue weighted by Crippen LogP contribution is -2.40. The van der Waals surface area contributed by atoms with Crippen molar-refractivity contribution in [2.75, 3.05) is 0 Å². The standard InChI is InChI=1S/C25H38O4/c1-5-7-22(26)17-8-9-24(29-15(3)4)21(13-17)25(28)20-11-18-10-16(6-2)23(27)14-19(18)12-20/h10,13,15,20-21,23-25,27-28H,5-9,11-12,14H2,1-4H3. The zero-order chi connectivity index (χ0) is 21.1. The van der Waals surface area contributed by atoms with Gasteiger partial charge in [-0.3, -0.25) is 4.79 Å². The van der Waals surface area contributed by atoms with Crippen molar-refractivity contribution in [3.8, 4) is 0 Å². The van der Waals surface area contributed by atoms with E-state index in [-0.39, 0.29) is 35.9 Å². The molecule has 5 unspecified atom stereocenters. The first-order valence-electron chi connectivity index (χ1n) is 11.5. The highest BCUT2D eigenvalue weighted by molar-refractivity contribution is 5.95. The second-order valence-corrected chi connectivity index (χ2v) is 9.28. The molecule has 2 N–H and O–H groups in total. The molecule has 5 atom stereocenters. The van der Waals surface area contributed by atoms with Crippen LogP contribution in [0.25, 0.3) is 0 Å². The summed E-state index contributed by atoms with van der Waals surface area (Å²) in [5.74, 6) is 0.197. The summed E-state index contributed by atoms with van der Waals surface area (Å²) in [6.45, 7) is 8.16. The number of ketones is 1. The van der Waals surface area contributed by atoms with E-state index >= 15 is 0 Å². The van der Waals surface area contributed by atoms with E-state index in [1.165, 1.54) is 11.1 Å². The molecule has 0 radical (unpaired) electrons. The molecule has 4 heteroatoms. The number of Topliss-reactive ketones (excluding diaryl/α,β-unsaturated/α-hetero) is 1. The number of hydrogen-bond acceptors (Lipinski definition) is 4. The van der Waals surface area contributed by atoms with Crippen LogP contribution in [-0.2, 0) is 9.53 Å². The minimum Gasteiger partial charge on any atom is -0.392 e. The minimum atomic E-state index is -0.537. The SMILES string of the molecule is CCCC(=O)C1=CC(C(O)C2CC3=C(CC(O)C(CC)=C3)C2)C(OC(C)C)CC1. The Labute approximate surface area is 175 Å². The molecule has 0 heterocycles. The van der Waals surface area contributed by atoms with Gasteiger partial charge in [0.2, 0.25) is 0 Å². The maximum atomic E-state index is 12.5. The third-order valence-corrected chi connectivity index (χ3v) is 6.76. The summed E-state index contributed by atoms with van der Waals surface area (Å²) in [7, 11) is 0. The van der Waals surface area contributed by atoms with Crippen molar-refractivity contribution in [3.63, 3.8) is 0 Å². The molecule has 0 saturated heterocycles. The average Bonchev–Trinajstić information content (AvgIpc) is 3.09. The Morgan fingerprint density at radius 2 is 2.00 bits per heavy atom. The highest BCUT2D eigenvalue weighted by Gasteiger charge is 2.40. The normalized spacial score (nSPS) is 30.9. The van der Waals surface area contributed by atoms with Gasteiger partial charge in [-0.2, -0.15) is 0 Å². The molecule has 0 aromatic carbocycles. The van der Waals surface area contributed by atoms with E-state index in [4.69, 9.17) is 4.74 Å². The molecule has 0 saturated carbocycles. The molecular formula is C25H38O4. The molecule has 3 rings (SSSR count). The number of aliphatic hydroxyl groups is 2. The lowest BCUT2D eigenvalue weighted by atomic mass is 9.77. The van der Waals surface area contributed by atoms with Crippen LogP contribution in [-0.4, -0.2) is 40.4 Å².